The lowest BCUT2D eigenvalue weighted by Gasteiger charge is -2.25. The van der Waals surface area contributed by atoms with Gasteiger partial charge in [0.2, 0.25) is 0 Å². The van der Waals surface area contributed by atoms with Gasteiger partial charge >= 0.3 is 6.03 Å². The number of hydrogen-bond donors (Lipinski definition) is 2. The Labute approximate surface area is 186 Å². The predicted molar refractivity (Wildman–Crippen MR) is 118 cm³/mol. The molecule has 30 heavy (non-hydrogen) atoms. The number of halogens is 1. The fraction of sp³-hybridized carbons (Fsp3) is 0.450. The Morgan fingerprint density at radius 2 is 1.83 bits per heavy atom. The molecule has 0 unspecified atom stereocenters. The molecule has 0 radical (unpaired) electrons. The van der Waals surface area contributed by atoms with E-state index < -0.39 is 10.0 Å². The second kappa shape index (κ2) is 10.1. The Morgan fingerprint density at radius 1 is 1.17 bits per heavy atom. The summed E-state index contributed by atoms with van der Waals surface area (Å²) in [5.41, 5.74) is 0.972. The zero-order valence-corrected chi connectivity index (χ0v) is 19.3. The molecule has 3 rings (SSSR count). The first kappa shape index (κ1) is 23.0. The SMILES string of the molecule is CC(C)[C@H](NC(=O)NCc1ccc(S(=O)(=O)N2CCOCC2)s1)c1ccc(Cl)cc1. The second-order valence-corrected chi connectivity index (χ2v) is 11.1. The van der Waals surface area contributed by atoms with Crippen LogP contribution in [0.2, 0.25) is 5.02 Å². The largest absolute Gasteiger partial charge is 0.379 e. The molecule has 0 bridgehead atoms. The van der Waals surface area contributed by atoms with Gasteiger partial charge in [0.15, 0.2) is 0 Å². The Balaban J connectivity index is 1.58. The van der Waals surface area contributed by atoms with Crippen LogP contribution in [-0.2, 0) is 21.3 Å². The lowest BCUT2D eigenvalue weighted by Crippen LogP contribution is -2.40. The Bertz CT molecular complexity index is 955. The van der Waals surface area contributed by atoms with E-state index in [1.54, 1.807) is 24.3 Å². The van der Waals surface area contributed by atoms with E-state index >= 15 is 0 Å². The third kappa shape index (κ3) is 5.73. The topological polar surface area (TPSA) is 87.7 Å². The molecular formula is C20H26ClN3O4S2. The van der Waals surface area contributed by atoms with Crippen LogP contribution in [0.4, 0.5) is 4.79 Å². The highest BCUT2D eigenvalue weighted by Crippen LogP contribution is 2.26. The summed E-state index contributed by atoms with van der Waals surface area (Å²) >= 11 is 7.12. The molecular weight excluding hydrogens is 446 g/mol. The fourth-order valence-corrected chi connectivity index (χ4v) is 6.15. The molecule has 164 valence electrons. The first-order chi connectivity index (χ1) is 14.3. The number of nitrogens with zero attached hydrogens (tertiary/aromatic N) is 1. The molecule has 1 aliphatic heterocycles. The molecule has 0 spiro atoms. The lowest BCUT2D eigenvalue weighted by atomic mass is 9.96. The summed E-state index contributed by atoms with van der Waals surface area (Å²) in [6, 6.07) is 10.2. The van der Waals surface area contributed by atoms with Gasteiger partial charge < -0.3 is 15.4 Å². The van der Waals surface area contributed by atoms with Gasteiger partial charge in [-0.15, -0.1) is 11.3 Å². The number of hydrogen-bond acceptors (Lipinski definition) is 5. The minimum atomic E-state index is -3.52. The van der Waals surface area contributed by atoms with Crippen LogP contribution < -0.4 is 10.6 Å². The molecule has 10 heteroatoms. The standard InChI is InChI=1S/C20H26ClN3O4S2/c1-14(2)19(15-3-5-16(21)6-4-15)23-20(25)22-13-17-7-8-18(29-17)30(26,27)24-9-11-28-12-10-24/h3-8,14,19H,9-13H2,1-2H3,(H2,22,23,25)/t19-/m0/s1. The number of ether oxygens (including phenoxy) is 1. The highest BCUT2D eigenvalue weighted by Gasteiger charge is 2.27. The predicted octanol–water partition coefficient (Wildman–Crippen LogP) is 3.62. The number of benzene rings is 1. The van der Waals surface area contributed by atoms with Crippen LogP contribution in [0, 0.1) is 5.92 Å². The summed E-state index contributed by atoms with van der Waals surface area (Å²) in [4.78, 5) is 13.2. The van der Waals surface area contributed by atoms with Crippen molar-refractivity contribution >= 4 is 39.0 Å². The van der Waals surface area contributed by atoms with Gasteiger partial charge in [0.1, 0.15) is 4.21 Å². The van der Waals surface area contributed by atoms with Gasteiger partial charge in [-0.25, -0.2) is 13.2 Å². The average molecular weight is 472 g/mol. The maximum Gasteiger partial charge on any atom is 0.315 e. The number of sulfonamides is 1. The summed E-state index contributed by atoms with van der Waals surface area (Å²) in [5, 5.41) is 6.44. The van der Waals surface area contributed by atoms with E-state index in [9.17, 15) is 13.2 Å². The van der Waals surface area contributed by atoms with E-state index in [0.29, 0.717) is 31.3 Å². The third-order valence-corrected chi connectivity index (χ3v) is 8.51. The molecule has 1 fully saturated rings. The van der Waals surface area contributed by atoms with Gasteiger partial charge in [-0.3, -0.25) is 0 Å². The number of carbonyl (C=O) groups excluding carboxylic acids is 1. The average Bonchev–Trinajstić information content (AvgIpc) is 3.22. The molecule has 2 amide bonds. The smallest absolute Gasteiger partial charge is 0.315 e. The highest BCUT2D eigenvalue weighted by molar-refractivity contribution is 7.91. The molecule has 1 saturated heterocycles. The number of rotatable bonds is 7. The Hall–Kier alpha value is -1.65. The lowest BCUT2D eigenvalue weighted by molar-refractivity contribution is 0.0731. The Morgan fingerprint density at radius 3 is 2.47 bits per heavy atom. The number of morpholine rings is 1. The van der Waals surface area contributed by atoms with Gasteiger partial charge in [-0.05, 0) is 35.7 Å². The van der Waals surface area contributed by atoms with Crippen molar-refractivity contribution in [1.29, 1.82) is 0 Å². The summed E-state index contributed by atoms with van der Waals surface area (Å²) in [6.07, 6.45) is 0. The van der Waals surface area contributed by atoms with Crippen LogP contribution >= 0.6 is 22.9 Å². The molecule has 2 N–H and O–H groups in total. The summed E-state index contributed by atoms with van der Waals surface area (Å²) in [6.45, 7) is 5.84. The number of amides is 2. The second-order valence-electron chi connectivity index (χ2n) is 7.34. The van der Waals surface area contributed by atoms with Crippen molar-refractivity contribution in [2.75, 3.05) is 26.3 Å². The molecule has 1 aromatic carbocycles. The third-order valence-electron chi connectivity index (χ3n) is 4.81. The molecule has 2 aromatic rings. The van der Waals surface area contributed by atoms with E-state index in [1.807, 2.05) is 26.0 Å². The highest BCUT2D eigenvalue weighted by atomic mass is 35.5. The molecule has 7 nitrogen and oxygen atoms in total. The van der Waals surface area contributed by atoms with Crippen LogP contribution in [-0.4, -0.2) is 45.1 Å². The summed E-state index contributed by atoms with van der Waals surface area (Å²) < 4.78 is 32.4. The molecule has 2 heterocycles. The summed E-state index contributed by atoms with van der Waals surface area (Å²) in [5.74, 6) is 0.184. The normalized spacial score (nSPS) is 16.4. The van der Waals surface area contributed by atoms with Crippen molar-refractivity contribution in [2.45, 2.75) is 30.6 Å². The number of thiophene rings is 1. The van der Waals surface area contributed by atoms with Crippen molar-refractivity contribution in [3.8, 4) is 0 Å². The van der Waals surface area contributed by atoms with Crippen molar-refractivity contribution in [3.63, 3.8) is 0 Å². The zero-order chi connectivity index (χ0) is 21.7. The van der Waals surface area contributed by atoms with Gasteiger partial charge in [0.05, 0.1) is 25.8 Å². The Kier molecular flexibility index (Phi) is 7.75. The van der Waals surface area contributed by atoms with E-state index in [2.05, 4.69) is 10.6 Å². The maximum absolute atomic E-state index is 12.7. The van der Waals surface area contributed by atoms with Crippen LogP contribution in [0.5, 0.6) is 0 Å². The van der Waals surface area contributed by atoms with E-state index in [-0.39, 0.29) is 28.7 Å². The summed E-state index contributed by atoms with van der Waals surface area (Å²) in [7, 11) is -3.52. The van der Waals surface area contributed by atoms with Gasteiger partial charge in [-0.2, -0.15) is 4.31 Å². The molecule has 0 aliphatic carbocycles. The van der Waals surface area contributed by atoms with Crippen LogP contribution in [0.15, 0.2) is 40.6 Å². The minimum Gasteiger partial charge on any atom is -0.379 e. The van der Waals surface area contributed by atoms with Crippen LogP contribution in [0.3, 0.4) is 0 Å². The minimum absolute atomic E-state index is 0.164. The van der Waals surface area contributed by atoms with E-state index in [4.69, 9.17) is 16.3 Å². The monoisotopic (exact) mass is 471 g/mol. The van der Waals surface area contributed by atoms with Crippen molar-refractivity contribution in [3.05, 3.63) is 51.9 Å². The first-order valence-electron chi connectivity index (χ1n) is 9.74. The molecule has 1 atom stereocenters. The van der Waals surface area contributed by atoms with E-state index in [1.165, 1.54) is 15.6 Å². The van der Waals surface area contributed by atoms with Gasteiger partial charge in [0, 0.05) is 23.0 Å². The van der Waals surface area contributed by atoms with E-state index in [0.717, 1.165) is 10.4 Å². The molecule has 0 saturated carbocycles. The van der Waals surface area contributed by atoms with Gasteiger partial charge in [0.25, 0.3) is 10.0 Å². The van der Waals surface area contributed by atoms with Gasteiger partial charge in [-0.1, -0.05) is 37.6 Å². The molecule has 1 aromatic heterocycles. The van der Waals surface area contributed by atoms with Crippen LogP contribution in [0.25, 0.3) is 0 Å². The molecule has 1 aliphatic rings. The quantitative estimate of drug-likeness (QED) is 0.645. The first-order valence-corrected chi connectivity index (χ1v) is 12.4. The zero-order valence-electron chi connectivity index (χ0n) is 16.9. The maximum atomic E-state index is 12.7. The van der Waals surface area contributed by atoms with Crippen molar-refractivity contribution in [2.24, 2.45) is 5.92 Å². The van der Waals surface area contributed by atoms with Crippen molar-refractivity contribution < 1.29 is 17.9 Å². The number of carbonyl (C=O) groups is 1. The fourth-order valence-electron chi connectivity index (χ4n) is 3.17. The number of urea groups is 1. The van der Waals surface area contributed by atoms with Crippen molar-refractivity contribution in [1.82, 2.24) is 14.9 Å². The van der Waals surface area contributed by atoms with Crippen LogP contribution in [0.1, 0.15) is 30.3 Å². The number of nitrogens with one attached hydrogen (secondary N) is 2.